The molecule has 1 aromatic heterocycles. The van der Waals surface area contributed by atoms with Gasteiger partial charge in [0.15, 0.2) is 0 Å². The molecule has 1 aromatic rings. The second kappa shape index (κ2) is 6.70. The molecule has 0 fully saturated rings. The van der Waals surface area contributed by atoms with Crippen LogP contribution in [0.25, 0.3) is 0 Å². The number of hydrogen-bond donors (Lipinski definition) is 0. The Labute approximate surface area is 120 Å². The Morgan fingerprint density at radius 3 is 2.26 bits per heavy atom. The largest absolute Gasteiger partial charge is 0.237 e. The summed E-state index contributed by atoms with van der Waals surface area (Å²) in [6.07, 6.45) is 1.26. The van der Waals surface area contributed by atoms with Crippen LogP contribution in [-0.4, -0.2) is 36.1 Å². The predicted molar refractivity (Wildman–Crippen MR) is 80.6 cm³/mol. The van der Waals surface area contributed by atoms with E-state index in [9.17, 15) is 8.42 Å². The van der Waals surface area contributed by atoms with E-state index in [1.54, 1.807) is 0 Å². The standard InChI is InChI=1S/C13H22N2O2S2/c1-9(2)11-8-12(15-13(14-11)10(3)4)18-6-7-19(5,16)17/h8-10H,6-7H2,1-5H3. The fourth-order valence-corrected chi connectivity index (χ4v) is 3.50. The molecule has 0 N–H and O–H groups in total. The van der Waals surface area contributed by atoms with Gasteiger partial charge in [-0.05, 0) is 12.0 Å². The molecular formula is C13H22N2O2S2. The van der Waals surface area contributed by atoms with Gasteiger partial charge in [-0.25, -0.2) is 18.4 Å². The average molecular weight is 302 g/mol. The average Bonchev–Trinajstić information content (AvgIpc) is 2.26. The Morgan fingerprint density at radius 1 is 1.16 bits per heavy atom. The van der Waals surface area contributed by atoms with E-state index in [-0.39, 0.29) is 11.7 Å². The second-order valence-corrected chi connectivity index (χ2v) is 8.65. The van der Waals surface area contributed by atoms with Crippen LogP contribution in [0.4, 0.5) is 0 Å². The van der Waals surface area contributed by atoms with Gasteiger partial charge in [-0.3, -0.25) is 0 Å². The lowest BCUT2D eigenvalue weighted by atomic mass is 10.1. The van der Waals surface area contributed by atoms with E-state index < -0.39 is 9.84 Å². The zero-order valence-electron chi connectivity index (χ0n) is 12.2. The normalized spacial score (nSPS) is 12.4. The summed E-state index contributed by atoms with van der Waals surface area (Å²) < 4.78 is 22.3. The number of thioether (sulfide) groups is 1. The quantitative estimate of drug-likeness (QED) is 0.597. The van der Waals surface area contributed by atoms with E-state index >= 15 is 0 Å². The number of hydrogen-bond acceptors (Lipinski definition) is 5. The summed E-state index contributed by atoms with van der Waals surface area (Å²) in [6, 6.07) is 1.96. The van der Waals surface area contributed by atoms with Crippen molar-refractivity contribution in [3.8, 4) is 0 Å². The maximum atomic E-state index is 11.1. The highest BCUT2D eigenvalue weighted by molar-refractivity contribution is 8.00. The van der Waals surface area contributed by atoms with E-state index in [1.807, 2.05) is 6.07 Å². The first kappa shape index (κ1) is 16.4. The molecular weight excluding hydrogens is 280 g/mol. The summed E-state index contributed by atoms with van der Waals surface area (Å²) in [5.41, 5.74) is 1.01. The Morgan fingerprint density at radius 2 is 1.79 bits per heavy atom. The minimum absolute atomic E-state index is 0.176. The first-order valence-corrected chi connectivity index (χ1v) is 9.43. The van der Waals surface area contributed by atoms with Crippen LogP contribution in [0, 0.1) is 0 Å². The van der Waals surface area contributed by atoms with Crippen molar-refractivity contribution in [3.63, 3.8) is 0 Å². The zero-order valence-corrected chi connectivity index (χ0v) is 13.8. The lowest BCUT2D eigenvalue weighted by molar-refractivity contribution is 0.603. The highest BCUT2D eigenvalue weighted by Crippen LogP contribution is 2.23. The van der Waals surface area contributed by atoms with E-state index in [1.165, 1.54) is 18.0 Å². The highest BCUT2D eigenvalue weighted by atomic mass is 32.2. The molecule has 108 valence electrons. The first-order valence-electron chi connectivity index (χ1n) is 6.38. The van der Waals surface area contributed by atoms with Gasteiger partial charge in [-0.2, -0.15) is 0 Å². The van der Waals surface area contributed by atoms with Crippen molar-refractivity contribution in [3.05, 3.63) is 17.6 Å². The van der Waals surface area contributed by atoms with Crippen molar-refractivity contribution in [2.24, 2.45) is 0 Å². The van der Waals surface area contributed by atoms with Gasteiger partial charge < -0.3 is 0 Å². The van der Waals surface area contributed by atoms with Gasteiger partial charge in [-0.1, -0.05) is 27.7 Å². The Bertz CT molecular complexity index is 499. The molecule has 0 saturated heterocycles. The molecule has 0 aromatic carbocycles. The van der Waals surface area contributed by atoms with Crippen molar-refractivity contribution in [2.45, 2.75) is 44.6 Å². The summed E-state index contributed by atoms with van der Waals surface area (Å²) in [5, 5.41) is 0.867. The van der Waals surface area contributed by atoms with E-state index in [0.29, 0.717) is 11.7 Å². The molecule has 6 heteroatoms. The number of aromatic nitrogens is 2. The lowest BCUT2D eigenvalue weighted by Crippen LogP contribution is -2.07. The number of sulfone groups is 1. The lowest BCUT2D eigenvalue weighted by Gasteiger charge is -2.11. The van der Waals surface area contributed by atoms with Gasteiger partial charge in [0.1, 0.15) is 20.7 Å². The molecule has 0 unspecified atom stereocenters. The molecule has 0 aliphatic carbocycles. The molecule has 0 atom stereocenters. The van der Waals surface area contributed by atoms with Crippen LogP contribution in [-0.2, 0) is 9.84 Å². The van der Waals surface area contributed by atoms with E-state index in [4.69, 9.17) is 0 Å². The Kier molecular flexibility index (Phi) is 5.80. The third-order valence-corrected chi connectivity index (χ3v) is 4.67. The molecule has 19 heavy (non-hydrogen) atoms. The smallest absolute Gasteiger partial charge is 0.148 e. The Balaban J connectivity index is 2.87. The minimum Gasteiger partial charge on any atom is -0.237 e. The monoisotopic (exact) mass is 302 g/mol. The van der Waals surface area contributed by atoms with Crippen LogP contribution < -0.4 is 0 Å². The summed E-state index contributed by atoms with van der Waals surface area (Å²) in [7, 11) is -2.91. The molecule has 0 radical (unpaired) electrons. The molecule has 0 amide bonds. The van der Waals surface area contributed by atoms with Crippen molar-refractivity contribution in [1.82, 2.24) is 9.97 Å². The molecule has 0 aliphatic heterocycles. The minimum atomic E-state index is -2.91. The molecule has 1 heterocycles. The molecule has 0 spiro atoms. The summed E-state index contributed by atoms with van der Waals surface area (Å²) >= 11 is 1.48. The molecule has 0 aliphatic rings. The third-order valence-electron chi connectivity index (χ3n) is 2.55. The fraction of sp³-hybridized carbons (Fsp3) is 0.692. The van der Waals surface area contributed by atoms with Gasteiger partial charge >= 0.3 is 0 Å². The highest BCUT2D eigenvalue weighted by Gasteiger charge is 2.11. The maximum absolute atomic E-state index is 11.1. The van der Waals surface area contributed by atoms with Crippen molar-refractivity contribution in [2.75, 3.05) is 17.8 Å². The molecule has 0 bridgehead atoms. The zero-order chi connectivity index (χ0) is 14.6. The molecule has 0 saturated carbocycles. The third kappa shape index (κ3) is 5.91. The van der Waals surface area contributed by atoms with Crippen molar-refractivity contribution in [1.29, 1.82) is 0 Å². The van der Waals surface area contributed by atoms with Crippen LogP contribution in [0.15, 0.2) is 11.1 Å². The van der Waals surface area contributed by atoms with Gasteiger partial charge in [0.05, 0.1) is 5.75 Å². The van der Waals surface area contributed by atoms with Gasteiger partial charge in [0.2, 0.25) is 0 Å². The molecule has 4 nitrogen and oxygen atoms in total. The van der Waals surface area contributed by atoms with Gasteiger partial charge in [-0.15, -0.1) is 11.8 Å². The second-order valence-electron chi connectivity index (χ2n) is 5.28. The van der Waals surface area contributed by atoms with Gasteiger partial charge in [0, 0.05) is 23.6 Å². The SMILES string of the molecule is CC(C)c1cc(SCCS(C)(=O)=O)nc(C(C)C)n1. The molecule has 1 rings (SSSR count). The van der Waals surface area contributed by atoms with Crippen molar-refractivity contribution >= 4 is 21.6 Å². The summed E-state index contributed by atoms with van der Waals surface area (Å²) in [6.45, 7) is 8.31. The summed E-state index contributed by atoms with van der Waals surface area (Å²) in [4.78, 5) is 9.04. The van der Waals surface area contributed by atoms with E-state index in [2.05, 4.69) is 37.7 Å². The maximum Gasteiger partial charge on any atom is 0.148 e. The topological polar surface area (TPSA) is 59.9 Å². The van der Waals surface area contributed by atoms with Crippen LogP contribution in [0.5, 0.6) is 0 Å². The fourth-order valence-electron chi connectivity index (χ4n) is 1.39. The number of nitrogens with zero attached hydrogens (tertiary/aromatic N) is 2. The first-order chi connectivity index (χ1) is 8.69. The van der Waals surface area contributed by atoms with Crippen molar-refractivity contribution < 1.29 is 8.42 Å². The van der Waals surface area contributed by atoms with Crippen LogP contribution in [0.2, 0.25) is 0 Å². The van der Waals surface area contributed by atoms with Crippen LogP contribution >= 0.6 is 11.8 Å². The Hall–Kier alpha value is -0.620. The van der Waals surface area contributed by atoms with Crippen LogP contribution in [0.1, 0.15) is 51.0 Å². The summed E-state index contributed by atoms with van der Waals surface area (Å²) in [5.74, 6) is 2.15. The predicted octanol–water partition coefficient (Wildman–Crippen LogP) is 2.86. The number of rotatable bonds is 6. The van der Waals surface area contributed by atoms with Crippen LogP contribution in [0.3, 0.4) is 0 Å². The van der Waals surface area contributed by atoms with Gasteiger partial charge in [0.25, 0.3) is 0 Å². The van der Waals surface area contributed by atoms with E-state index in [0.717, 1.165) is 16.5 Å².